The second-order valence-electron chi connectivity index (χ2n) is 7.80. The van der Waals surface area contributed by atoms with Crippen molar-refractivity contribution in [1.29, 1.82) is 0 Å². The van der Waals surface area contributed by atoms with Crippen LogP contribution in [0.5, 0.6) is 0 Å². The molecule has 7 heteroatoms. The van der Waals surface area contributed by atoms with Gasteiger partial charge in [-0.2, -0.15) is 13.2 Å². The minimum Gasteiger partial charge on any atom is -0.480 e. The number of halogens is 4. The first-order valence-corrected chi connectivity index (χ1v) is 10.5. The largest absolute Gasteiger partial charge is 0.480 e. The normalized spacial score (nSPS) is 18.8. The summed E-state index contributed by atoms with van der Waals surface area (Å²) < 4.78 is 40.8. The third-order valence-electron chi connectivity index (χ3n) is 5.89. The highest BCUT2D eigenvalue weighted by molar-refractivity contribution is 6.31. The zero-order chi connectivity index (χ0) is 22.2. The second-order valence-corrected chi connectivity index (χ2v) is 8.20. The van der Waals surface area contributed by atoms with E-state index in [0.29, 0.717) is 18.5 Å². The summed E-state index contributed by atoms with van der Waals surface area (Å²) in [6.45, 7) is 0.481. The molecule has 1 aliphatic heterocycles. The lowest BCUT2D eigenvalue weighted by Gasteiger charge is -2.40. The molecule has 2 unspecified atom stereocenters. The van der Waals surface area contributed by atoms with Gasteiger partial charge in [0.1, 0.15) is 6.04 Å². The molecule has 0 radical (unpaired) electrons. The average Bonchev–Trinajstić information content (AvgIpc) is 2.74. The van der Waals surface area contributed by atoms with Gasteiger partial charge in [-0.3, -0.25) is 9.69 Å². The summed E-state index contributed by atoms with van der Waals surface area (Å²) in [5.41, 5.74) is 0.240. The van der Waals surface area contributed by atoms with E-state index in [2.05, 4.69) is 0 Å². The molecular formula is C24H21ClF3NO2. The first-order valence-electron chi connectivity index (χ1n) is 10.1. The number of hydrogen-bond donors (Lipinski definition) is 1. The number of likely N-dealkylation sites (tertiary alicyclic amines) is 1. The maximum absolute atomic E-state index is 13.6. The van der Waals surface area contributed by atoms with Gasteiger partial charge in [0, 0.05) is 0 Å². The van der Waals surface area contributed by atoms with Crippen molar-refractivity contribution in [3.8, 4) is 0 Å². The molecule has 0 amide bonds. The number of carboxylic acid groups (broad SMARTS) is 1. The predicted octanol–water partition coefficient (Wildman–Crippen LogP) is 6.54. The van der Waals surface area contributed by atoms with Gasteiger partial charge in [0.15, 0.2) is 0 Å². The zero-order valence-corrected chi connectivity index (χ0v) is 17.3. The van der Waals surface area contributed by atoms with Crippen LogP contribution >= 0.6 is 11.6 Å². The van der Waals surface area contributed by atoms with E-state index in [1.165, 1.54) is 6.07 Å². The van der Waals surface area contributed by atoms with Gasteiger partial charge in [-0.25, -0.2) is 0 Å². The van der Waals surface area contributed by atoms with E-state index in [1.54, 1.807) is 6.07 Å². The predicted molar refractivity (Wildman–Crippen MR) is 114 cm³/mol. The van der Waals surface area contributed by atoms with Crippen LogP contribution in [0.4, 0.5) is 13.2 Å². The van der Waals surface area contributed by atoms with Crippen molar-refractivity contribution in [2.24, 2.45) is 0 Å². The minimum absolute atomic E-state index is 0.374. The third-order valence-corrected chi connectivity index (χ3v) is 6.22. The maximum atomic E-state index is 13.6. The molecule has 1 heterocycles. The highest BCUT2D eigenvalue weighted by Gasteiger charge is 2.38. The number of carboxylic acids is 1. The van der Waals surface area contributed by atoms with Crippen molar-refractivity contribution in [2.45, 2.75) is 37.5 Å². The number of alkyl halides is 3. The molecule has 4 rings (SSSR count). The molecule has 2 atom stereocenters. The fourth-order valence-corrected chi connectivity index (χ4v) is 4.72. The molecule has 0 aliphatic carbocycles. The van der Waals surface area contributed by atoms with E-state index in [9.17, 15) is 23.1 Å². The highest BCUT2D eigenvalue weighted by atomic mass is 35.5. The lowest BCUT2D eigenvalue weighted by Crippen LogP contribution is -2.47. The molecule has 0 aromatic heterocycles. The van der Waals surface area contributed by atoms with Crippen molar-refractivity contribution in [2.75, 3.05) is 6.54 Å². The van der Waals surface area contributed by atoms with Crippen LogP contribution in [0.2, 0.25) is 5.02 Å². The number of benzene rings is 3. The summed E-state index contributed by atoms with van der Waals surface area (Å²) in [6, 6.07) is 15.7. The summed E-state index contributed by atoms with van der Waals surface area (Å²) in [6.07, 6.45) is -2.60. The van der Waals surface area contributed by atoms with E-state index in [1.807, 2.05) is 47.4 Å². The van der Waals surface area contributed by atoms with E-state index >= 15 is 0 Å². The van der Waals surface area contributed by atoms with E-state index in [0.717, 1.165) is 35.2 Å². The Morgan fingerprint density at radius 1 is 1.06 bits per heavy atom. The number of hydrogen-bond acceptors (Lipinski definition) is 2. The smallest absolute Gasteiger partial charge is 0.417 e. The van der Waals surface area contributed by atoms with Crippen LogP contribution < -0.4 is 0 Å². The maximum Gasteiger partial charge on any atom is 0.417 e. The van der Waals surface area contributed by atoms with E-state index in [-0.39, 0.29) is 5.02 Å². The van der Waals surface area contributed by atoms with Crippen molar-refractivity contribution >= 4 is 28.3 Å². The summed E-state index contributed by atoms with van der Waals surface area (Å²) in [4.78, 5) is 13.8. The Bertz CT molecular complexity index is 1110. The Morgan fingerprint density at radius 2 is 1.81 bits per heavy atom. The molecule has 1 aliphatic rings. The minimum atomic E-state index is -4.61. The Balaban J connectivity index is 1.95. The first kappa shape index (κ1) is 21.7. The molecule has 1 N–H and O–H groups in total. The Hall–Kier alpha value is -2.57. The SMILES string of the molecule is O=C(O)C1CCCCN1C(c1ccc(Cl)c(C(F)(F)F)c1)c1cccc2ccccc12. The number of rotatable bonds is 4. The summed E-state index contributed by atoms with van der Waals surface area (Å²) in [7, 11) is 0. The van der Waals surface area contributed by atoms with Gasteiger partial charge in [-0.15, -0.1) is 0 Å². The molecule has 1 saturated heterocycles. The molecule has 0 spiro atoms. The molecule has 3 aromatic carbocycles. The van der Waals surface area contributed by atoms with Crippen LogP contribution in [0.3, 0.4) is 0 Å². The molecule has 31 heavy (non-hydrogen) atoms. The Morgan fingerprint density at radius 3 is 2.55 bits per heavy atom. The first-order chi connectivity index (χ1) is 14.8. The van der Waals surface area contributed by atoms with Gasteiger partial charge in [-0.05, 0) is 53.4 Å². The quantitative estimate of drug-likeness (QED) is 0.493. The summed E-state index contributed by atoms with van der Waals surface area (Å²) >= 11 is 5.86. The Labute approximate surface area is 183 Å². The van der Waals surface area contributed by atoms with Crippen LogP contribution in [-0.2, 0) is 11.0 Å². The van der Waals surface area contributed by atoms with Gasteiger partial charge in [0.25, 0.3) is 0 Å². The second kappa shape index (κ2) is 8.52. The molecule has 0 bridgehead atoms. The number of aliphatic carboxylic acids is 1. The summed E-state index contributed by atoms with van der Waals surface area (Å²) in [5.74, 6) is -0.963. The molecule has 0 saturated carbocycles. The van der Waals surface area contributed by atoms with Crippen molar-refractivity contribution in [3.63, 3.8) is 0 Å². The van der Waals surface area contributed by atoms with Gasteiger partial charge in [0.2, 0.25) is 0 Å². The van der Waals surface area contributed by atoms with Crippen LogP contribution in [-0.4, -0.2) is 28.6 Å². The number of piperidine rings is 1. The van der Waals surface area contributed by atoms with Crippen LogP contribution in [0, 0.1) is 0 Å². The third kappa shape index (κ3) is 4.27. The zero-order valence-electron chi connectivity index (χ0n) is 16.6. The standard InChI is InChI=1S/C24H21ClF3NO2/c25-20-12-11-16(14-19(20)24(26,27)28)22(29-13-4-3-10-21(29)23(30)31)18-9-5-7-15-6-1-2-8-17(15)18/h1-2,5-9,11-12,14,21-22H,3-4,10,13H2,(H,30,31). The fraction of sp³-hybridized carbons (Fsp3) is 0.292. The molecule has 3 nitrogen and oxygen atoms in total. The van der Waals surface area contributed by atoms with Gasteiger partial charge < -0.3 is 5.11 Å². The molecule has 3 aromatic rings. The van der Waals surface area contributed by atoms with Gasteiger partial charge in [0.05, 0.1) is 16.6 Å². The topological polar surface area (TPSA) is 40.5 Å². The van der Waals surface area contributed by atoms with Crippen molar-refractivity contribution in [1.82, 2.24) is 4.90 Å². The van der Waals surface area contributed by atoms with Crippen molar-refractivity contribution in [3.05, 3.63) is 82.4 Å². The average molecular weight is 448 g/mol. The molecular weight excluding hydrogens is 427 g/mol. The Kier molecular flexibility index (Phi) is 5.95. The van der Waals surface area contributed by atoms with Crippen LogP contribution in [0.25, 0.3) is 10.8 Å². The number of fused-ring (bicyclic) bond motifs is 1. The highest BCUT2D eigenvalue weighted by Crippen LogP contribution is 2.41. The van der Waals surface area contributed by atoms with Crippen molar-refractivity contribution < 1.29 is 23.1 Å². The molecule has 1 fully saturated rings. The number of nitrogens with zero attached hydrogens (tertiary/aromatic N) is 1. The molecule has 162 valence electrons. The lowest BCUT2D eigenvalue weighted by molar-refractivity contribution is -0.145. The number of carbonyl (C=O) groups is 1. The van der Waals surface area contributed by atoms with E-state index < -0.39 is 29.8 Å². The lowest BCUT2D eigenvalue weighted by atomic mass is 9.88. The van der Waals surface area contributed by atoms with Gasteiger partial charge >= 0.3 is 12.1 Å². The van der Waals surface area contributed by atoms with Crippen LogP contribution in [0.1, 0.15) is 42.0 Å². The van der Waals surface area contributed by atoms with E-state index in [4.69, 9.17) is 11.6 Å². The van der Waals surface area contributed by atoms with Gasteiger partial charge in [-0.1, -0.05) is 66.6 Å². The summed E-state index contributed by atoms with van der Waals surface area (Å²) in [5, 5.41) is 11.3. The van der Waals surface area contributed by atoms with Crippen LogP contribution in [0.15, 0.2) is 60.7 Å². The monoisotopic (exact) mass is 447 g/mol. The fourth-order valence-electron chi connectivity index (χ4n) is 4.50.